The quantitative estimate of drug-likeness (QED) is 0.681. The molecule has 0 spiro atoms. The standard InChI is InChI=1S/C18H14ClN3O2/c19-13-9-11-15(12-10-13)24-17-8-4-7-16(20-17)18(23)22-21-14-5-2-1-3-6-14/h1-12,21H,(H,22,23). The van der Waals surface area contributed by atoms with Crippen LogP contribution in [0.25, 0.3) is 0 Å². The summed E-state index contributed by atoms with van der Waals surface area (Å²) in [6.07, 6.45) is 0. The fraction of sp³-hybridized carbons (Fsp3) is 0. The number of nitrogens with one attached hydrogen (secondary N) is 2. The minimum absolute atomic E-state index is 0.241. The van der Waals surface area contributed by atoms with Gasteiger partial charge in [-0.15, -0.1) is 0 Å². The first-order chi connectivity index (χ1) is 11.7. The molecule has 0 fully saturated rings. The Labute approximate surface area is 144 Å². The van der Waals surface area contributed by atoms with Crippen LogP contribution in [0, 0.1) is 0 Å². The summed E-state index contributed by atoms with van der Waals surface area (Å²) in [6, 6.07) is 21.2. The number of carbonyl (C=O) groups is 1. The van der Waals surface area contributed by atoms with E-state index in [0.717, 1.165) is 5.69 Å². The number of anilines is 1. The second kappa shape index (κ2) is 7.48. The molecule has 24 heavy (non-hydrogen) atoms. The zero-order chi connectivity index (χ0) is 16.8. The third kappa shape index (κ3) is 4.24. The lowest BCUT2D eigenvalue weighted by atomic mass is 10.3. The Morgan fingerprint density at radius 2 is 1.67 bits per heavy atom. The van der Waals surface area contributed by atoms with Crippen molar-refractivity contribution in [3.63, 3.8) is 0 Å². The van der Waals surface area contributed by atoms with E-state index >= 15 is 0 Å². The second-order valence-electron chi connectivity index (χ2n) is 4.86. The van der Waals surface area contributed by atoms with Gasteiger partial charge in [0.15, 0.2) is 0 Å². The van der Waals surface area contributed by atoms with E-state index in [4.69, 9.17) is 16.3 Å². The zero-order valence-electron chi connectivity index (χ0n) is 12.6. The minimum atomic E-state index is -0.361. The first-order valence-electron chi connectivity index (χ1n) is 7.22. The van der Waals surface area contributed by atoms with Gasteiger partial charge in [-0.25, -0.2) is 4.98 Å². The Kier molecular flexibility index (Phi) is 4.93. The predicted octanol–water partition coefficient (Wildman–Crippen LogP) is 4.28. The Bertz CT molecular complexity index is 823. The monoisotopic (exact) mass is 339 g/mol. The van der Waals surface area contributed by atoms with Gasteiger partial charge in [-0.05, 0) is 42.5 Å². The van der Waals surface area contributed by atoms with E-state index in [0.29, 0.717) is 16.7 Å². The molecule has 1 aromatic heterocycles. The van der Waals surface area contributed by atoms with Crippen molar-refractivity contribution in [1.29, 1.82) is 0 Å². The third-order valence-corrected chi connectivity index (χ3v) is 3.34. The van der Waals surface area contributed by atoms with Crippen LogP contribution in [-0.4, -0.2) is 10.9 Å². The molecule has 0 radical (unpaired) electrons. The fourth-order valence-electron chi connectivity index (χ4n) is 1.94. The van der Waals surface area contributed by atoms with E-state index in [1.165, 1.54) is 0 Å². The van der Waals surface area contributed by atoms with E-state index < -0.39 is 0 Å². The maximum atomic E-state index is 12.2. The van der Waals surface area contributed by atoms with E-state index in [1.54, 1.807) is 42.5 Å². The average molecular weight is 340 g/mol. The molecule has 0 aliphatic heterocycles. The molecular weight excluding hydrogens is 326 g/mol. The number of benzene rings is 2. The van der Waals surface area contributed by atoms with Crippen molar-refractivity contribution in [3.8, 4) is 11.6 Å². The highest BCUT2D eigenvalue weighted by Gasteiger charge is 2.08. The number of amides is 1. The lowest BCUT2D eigenvalue weighted by Gasteiger charge is -2.09. The first-order valence-corrected chi connectivity index (χ1v) is 7.60. The van der Waals surface area contributed by atoms with Gasteiger partial charge in [0.25, 0.3) is 5.91 Å². The van der Waals surface area contributed by atoms with Crippen LogP contribution in [0.2, 0.25) is 5.02 Å². The number of carbonyl (C=O) groups excluding carboxylic acids is 1. The molecule has 2 aromatic carbocycles. The molecule has 3 rings (SSSR count). The molecule has 0 aliphatic rings. The summed E-state index contributed by atoms with van der Waals surface area (Å²) in [5.74, 6) is 0.553. The van der Waals surface area contributed by atoms with E-state index in [1.807, 2.05) is 30.3 Å². The molecule has 1 heterocycles. The van der Waals surface area contributed by atoms with Crippen molar-refractivity contribution in [1.82, 2.24) is 10.4 Å². The van der Waals surface area contributed by atoms with Crippen molar-refractivity contribution < 1.29 is 9.53 Å². The van der Waals surface area contributed by atoms with Gasteiger partial charge >= 0.3 is 0 Å². The van der Waals surface area contributed by atoms with Crippen molar-refractivity contribution in [2.24, 2.45) is 0 Å². The molecule has 5 nitrogen and oxygen atoms in total. The minimum Gasteiger partial charge on any atom is -0.439 e. The number of aromatic nitrogens is 1. The number of hydrazine groups is 1. The Balaban J connectivity index is 1.65. The van der Waals surface area contributed by atoms with Gasteiger partial charge in [-0.3, -0.25) is 15.6 Å². The van der Waals surface area contributed by atoms with Crippen LogP contribution >= 0.6 is 11.6 Å². The van der Waals surface area contributed by atoms with Gasteiger partial charge in [0.2, 0.25) is 5.88 Å². The zero-order valence-corrected chi connectivity index (χ0v) is 13.3. The maximum Gasteiger partial charge on any atom is 0.288 e. The van der Waals surface area contributed by atoms with Crippen molar-refractivity contribution in [2.45, 2.75) is 0 Å². The summed E-state index contributed by atoms with van der Waals surface area (Å²) in [7, 11) is 0. The van der Waals surface area contributed by atoms with Crippen molar-refractivity contribution in [2.75, 3.05) is 5.43 Å². The SMILES string of the molecule is O=C(NNc1ccccc1)c1cccc(Oc2ccc(Cl)cc2)n1. The Hall–Kier alpha value is -3.05. The van der Waals surface area contributed by atoms with Gasteiger partial charge in [0, 0.05) is 11.1 Å². The number of hydrogen-bond acceptors (Lipinski definition) is 4. The fourth-order valence-corrected chi connectivity index (χ4v) is 2.06. The number of rotatable bonds is 5. The van der Waals surface area contributed by atoms with Gasteiger partial charge in [0.1, 0.15) is 11.4 Å². The lowest BCUT2D eigenvalue weighted by Crippen LogP contribution is -2.30. The number of hydrogen-bond donors (Lipinski definition) is 2. The van der Waals surface area contributed by atoms with E-state index in [-0.39, 0.29) is 11.6 Å². The summed E-state index contributed by atoms with van der Waals surface area (Å²) in [5.41, 5.74) is 6.43. The van der Waals surface area contributed by atoms with Gasteiger partial charge in [0.05, 0.1) is 5.69 Å². The van der Waals surface area contributed by atoms with E-state index in [9.17, 15) is 4.79 Å². The summed E-state index contributed by atoms with van der Waals surface area (Å²) >= 11 is 5.84. The topological polar surface area (TPSA) is 63.2 Å². The smallest absolute Gasteiger partial charge is 0.288 e. The highest BCUT2D eigenvalue weighted by Crippen LogP contribution is 2.21. The van der Waals surface area contributed by atoms with Gasteiger partial charge in [-0.1, -0.05) is 35.9 Å². The average Bonchev–Trinajstić information content (AvgIpc) is 2.63. The van der Waals surface area contributed by atoms with Crippen LogP contribution in [0.5, 0.6) is 11.6 Å². The molecule has 3 aromatic rings. The summed E-state index contributed by atoms with van der Waals surface area (Å²) in [5, 5.41) is 0.621. The number of para-hydroxylation sites is 1. The summed E-state index contributed by atoms with van der Waals surface area (Å²) < 4.78 is 5.62. The molecule has 6 heteroatoms. The van der Waals surface area contributed by atoms with E-state index in [2.05, 4.69) is 15.8 Å². The Morgan fingerprint density at radius 1 is 0.917 bits per heavy atom. The highest BCUT2D eigenvalue weighted by molar-refractivity contribution is 6.30. The van der Waals surface area contributed by atoms with Crippen LogP contribution in [0.15, 0.2) is 72.8 Å². The summed E-state index contributed by atoms with van der Waals surface area (Å²) in [6.45, 7) is 0. The molecule has 0 atom stereocenters. The van der Waals surface area contributed by atoms with Crippen LogP contribution in [0.1, 0.15) is 10.5 Å². The van der Waals surface area contributed by atoms with Gasteiger partial charge in [-0.2, -0.15) is 0 Å². The maximum absolute atomic E-state index is 12.2. The molecule has 0 saturated carbocycles. The second-order valence-corrected chi connectivity index (χ2v) is 5.30. The van der Waals surface area contributed by atoms with Crippen molar-refractivity contribution in [3.05, 3.63) is 83.5 Å². The molecule has 0 saturated heterocycles. The molecule has 1 amide bonds. The number of nitrogens with zero attached hydrogens (tertiary/aromatic N) is 1. The molecule has 0 unspecified atom stereocenters. The molecule has 120 valence electrons. The van der Waals surface area contributed by atoms with Crippen LogP contribution in [0.3, 0.4) is 0 Å². The summed E-state index contributed by atoms with van der Waals surface area (Å²) in [4.78, 5) is 16.4. The molecule has 0 aliphatic carbocycles. The largest absolute Gasteiger partial charge is 0.439 e. The lowest BCUT2D eigenvalue weighted by molar-refractivity contribution is 0.0957. The van der Waals surface area contributed by atoms with Crippen LogP contribution < -0.4 is 15.6 Å². The first kappa shape index (κ1) is 15.8. The third-order valence-electron chi connectivity index (χ3n) is 3.09. The van der Waals surface area contributed by atoms with Crippen LogP contribution in [0.4, 0.5) is 5.69 Å². The van der Waals surface area contributed by atoms with Crippen LogP contribution in [-0.2, 0) is 0 Å². The van der Waals surface area contributed by atoms with Gasteiger partial charge < -0.3 is 4.74 Å². The van der Waals surface area contributed by atoms with Crippen molar-refractivity contribution >= 4 is 23.2 Å². The predicted molar refractivity (Wildman–Crippen MR) is 93.3 cm³/mol. The number of pyridine rings is 1. The number of halogens is 1. The molecule has 0 bridgehead atoms. The molecular formula is C18H14ClN3O2. The Morgan fingerprint density at radius 3 is 2.42 bits per heavy atom. The number of ether oxygens (including phenoxy) is 1. The molecule has 2 N–H and O–H groups in total. The normalized spacial score (nSPS) is 10.0. The highest BCUT2D eigenvalue weighted by atomic mass is 35.5.